The van der Waals surface area contributed by atoms with Crippen molar-refractivity contribution in [2.24, 2.45) is 11.7 Å². The maximum absolute atomic E-state index is 12.1. The van der Waals surface area contributed by atoms with Gasteiger partial charge in [0.05, 0.1) is 18.6 Å². The first-order valence-corrected chi connectivity index (χ1v) is 8.49. The molecule has 0 spiro atoms. The van der Waals surface area contributed by atoms with Crippen LogP contribution >= 0.6 is 11.6 Å². The van der Waals surface area contributed by atoms with Crippen molar-refractivity contribution in [2.75, 3.05) is 33.3 Å². The zero-order valence-electron chi connectivity index (χ0n) is 13.9. The summed E-state index contributed by atoms with van der Waals surface area (Å²) >= 11 is 6.26. The van der Waals surface area contributed by atoms with Gasteiger partial charge >= 0.3 is 5.97 Å². The molecule has 1 aliphatic heterocycles. The van der Waals surface area contributed by atoms with Crippen LogP contribution < -0.4 is 11.1 Å². The van der Waals surface area contributed by atoms with E-state index in [2.05, 4.69) is 10.2 Å². The maximum atomic E-state index is 12.1. The molecule has 1 heterocycles. The van der Waals surface area contributed by atoms with Crippen LogP contribution in [-0.2, 0) is 16.1 Å². The fraction of sp³-hybridized carbons (Fsp3) is 0.529. The van der Waals surface area contributed by atoms with Crippen molar-refractivity contribution in [3.63, 3.8) is 0 Å². The van der Waals surface area contributed by atoms with Crippen LogP contribution in [0.3, 0.4) is 0 Å². The van der Waals surface area contributed by atoms with E-state index in [1.165, 1.54) is 7.11 Å². The molecule has 2 rings (SSSR count). The summed E-state index contributed by atoms with van der Waals surface area (Å²) in [7, 11) is 1.35. The molecule has 1 aromatic rings. The molecule has 1 aliphatic rings. The number of hydrogen-bond acceptors (Lipinski definition) is 5. The highest BCUT2D eigenvalue weighted by Crippen LogP contribution is 2.23. The Hall–Kier alpha value is -1.63. The zero-order valence-corrected chi connectivity index (χ0v) is 14.6. The summed E-state index contributed by atoms with van der Waals surface area (Å²) in [6, 6.07) is 5.11. The molecule has 1 amide bonds. The van der Waals surface area contributed by atoms with Crippen molar-refractivity contribution in [1.29, 1.82) is 0 Å². The number of nitrogens with zero attached hydrogens (tertiary/aromatic N) is 1. The van der Waals surface area contributed by atoms with Gasteiger partial charge in [-0.2, -0.15) is 0 Å². The summed E-state index contributed by atoms with van der Waals surface area (Å²) in [4.78, 5) is 26.0. The highest BCUT2D eigenvalue weighted by molar-refractivity contribution is 6.31. The Morgan fingerprint density at radius 3 is 2.96 bits per heavy atom. The highest BCUT2D eigenvalue weighted by atomic mass is 35.5. The summed E-state index contributed by atoms with van der Waals surface area (Å²) in [6.07, 6.45) is 1.83. The Morgan fingerprint density at radius 1 is 1.46 bits per heavy atom. The second kappa shape index (κ2) is 9.01. The normalized spacial score (nSPS) is 18.2. The Kier molecular flexibility index (Phi) is 7.02. The molecule has 1 fully saturated rings. The number of likely N-dealkylation sites (tertiary alicyclic amines) is 1. The third-order valence-corrected chi connectivity index (χ3v) is 4.55. The number of nitrogens with two attached hydrogens (primary N) is 1. The van der Waals surface area contributed by atoms with Gasteiger partial charge in [-0.1, -0.05) is 11.6 Å². The number of nitrogens with one attached hydrogen (secondary N) is 1. The first kappa shape index (κ1) is 18.7. The van der Waals surface area contributed by atoms with Gasteiger partial charge in [-0.15, -0.1) is 0 Å². The largest absolute Gasteiger partial charge is 0.465 e. The molecule has 0 aliphatic carbocycles. The fourth-order valence-electron chi connectivity index (χ4n) is 2.93. The lowest BCUT2D eigenvalue weighted by Gasteiger charge is -2.32. The Balaban J connectivity index is 2.02. The van der Waals surface area contributed by atoms with Crippen molar-refractivity contribution < 1.29 is 14.3 Å². The van der Waals surface area contributed by atoms with E-state index in [9.17, 15) is 9.59 Å². The topological polar surface area (TPSA) is 84.7 Å². The molecule has 0 saturated carbocycles. The maximum Gasteiger partial charge on any atom is 0.337 e. The second-order valence-electron chi connectivity index (χ2n) is 5.95. The van der Waals surface area contributed by atoms with Gasteiger partial charge in [-0.25, -0.2) is 4.79 Å². The van der Waals surface area contributed by atoms with Crippen LogP contribution in [0.1, 0.15) is 28.8 Å². The van der Waals surface area contributed by atoms with Crippen LogP contribution in [0.25, 0.3) is 0 Å². The van der Waals surface area contributed by atoms with E-state index in [-0.39, 0.29) is 17.8 Å². The van der Waals surface area contributed by atoms with Gasteiger partial charge in [0.25, 0.3) is 0 Å². The molecule has 7 heteroatoms. The van der Waals surface area contributed by atoms with E-state index < -0.39 is 0 Å². The SMILES string of the molecule is COC(=O)c1ccc(Cl)c(CN2CCCC(C(=O)NCCN)C2)c1. The molecule has 1 unspecified atom stereocenters. The summed E-state index contributed by atoms with van der Waals surface area (Å²) in [5.74, 6) is -0.363. The molecule has 24 heavy (non-hydrogen) atoms. The van der Waals surface area contributed by atoms with Crippen molar-refractivity contribution in [3.05, 3.63) is 34.3 Å². The van der Waals surface area contributed by atoms with Crippen LogP contribution in [-0.4, -0.2) is 50.1 Å². The number of carbonyl (C=O) groups is 2. The summed E-state index contributed by atoms with van der Waals surface area (Å²) in [6.45, 7) is 3.12. The molecular weight excluding hydrogens is 330 g/mol. The number of ether oxygens (including phenoxy) is 1. The molecule has 132 valence electrons. The third kappa shape index (κ3) is 4.93. The lowest BCUT2D eigenvalue weighted by molar-refractivity contribution is -0.126. The number of rotatable bonds is 6. The number of carbonyl (C=O) groups excluding carboxylic acids is 2. The molecule has 3 N–H and O–H groups in total. The van der Waals surface area contributed by atoms with Crippen LogP contribution in [0, 0.1) is 5.92 Å². The monoisotopic (exact) mass is 353 g/mol. The molecule has 0 bridgehead atoms. The number of hydrogen-bond donors (Lipinski definition) is 2. The first-order valence-electron chi connectivity index (χ1n) is 8.12. The Labute approximate surface area is 147 Å². The third-order valence-electron chi connectivity index (χ3n) is 4.18. The van der Waals surface area contributed by atoms with E-state index in [0.717, 1.165) is 24.9 Å². The van der Waals surface area contributed by atoms with E-state index in [4.69, 9.17) is 22.1 Å². The number of amides is 1. The van der Waals surface area contributed by atoms with Gasteiger partial charge in [0.1, 0.15) is 0 Å². The number of piperidine rings is 1. The predicted molar refractivity (Wildman–Crippen MR) is 92.9 cm³/mol. The van der Waals surface area contributed by atoms with E-state index >= 15 is 0 Å². The van der Waals surface area contributed by atoms with Crippen LogP contribution in [0.4, 0.5) is 0 Å². The van der Waals surface area contributed by atoms with Gasteiger partial charge in [0, 0.05) is 31.2 Å². The Bertz CT molecular complexity index is 594. The van der Waals surface area contributed by atoms with E-state index in [1.807, 2.05) is 0 Å². The molecule has 0 radical (unpaired) electrons. The van der Waals surface area contributed by atoms with Gasteiger partial charge in [-0.05, 0) is 43.1 Å². The number of halogens is 1. The summed E-state index contributed by atoms with van der Waals surface area (Å²) in [5, 5.41) is 3.46. The van der Waals surface area contributed by atoms with Crippen LogP contribution in [0.2, 0.25) is 5.02 Å². The molecule has 1 saturated heterocycles. The van der Waals surface area contributed by atoms with E-state index in [1.54, 1.807) is 18.2 Å². The predicted octanol–water partition coefficient (Wildman–Crippen LogP) is 1.41. The molecule has 6 nitrogen and oxygen atoms in total. The van der Waals surface area contributed by atoms with Gasteiger partial charge in [-0.3, -0.25) is 9.69 Å². The van der Waals surface area contributed by atoms with Gasteiger partial charge in [0.15, 0.2) is 0 Å². The van der Waals surface area contributed by atoms with Crippen LogP contribution in [0.5, 0.6) is 0 Å². The molecular formula is C17H24ClN3O3. The van der Waals surface area contributed by atoms with Gasteiger partial charge in [0.2, 0.25) is 5.91 Å². The van der Waals surface area contributed by atoms with Crippen molar-refractivity contribution >= 4 is 23.5 Å². The summed E-state index contributed by atoms with van der Waals surface area (Å²) in [5.41, 5.74) is 6.77. The minimum Gasteiger partial charge on any atom is -0.465 e. The molecule has 1 atom stereocenters. The molecule has 0 aromatic heterocycles. The van der Waals surface area contributed by atoms with Crippen LogP contribution in [0.15, 0.2) is 18.2 Å². The van der Waals surface area contributed by atoms with Gasteiger partial charge < -0.3 is 15.8 Å². The second-order valence-corrected chi connectivity index (χ2v) is 6.36. The quantitative estimate of drug-likeness (QED) is 0.755. The smallest absolute Gasteiger partial charge is 0.337 e. The number of methoxy groups -OCH3 is 1. The first-order chi connectivity index (χ1) is 11.5. The number of esters is 1. The van der Waals surface area contributed by atoms with E-state index in [0.29, 0.717) is 36.8 Å². The standard InChI is InChI=1S/C17H24ClN3O3/c1-24-17(23)12-4-5-15(18)14(9-12)11-21-8-2-3-13(10-21)16(22)20-7-6-19/h4-5,9,13H,2-3,6-8,10-11,19H2,1H3,(H,20,22). The lowest BCUT2D eigenvalue weighted by atomic mass is 9.96. The Morgan fingerprint density at radius 2 is 2.25 bits per heavy atom. The average molecular weight is 354 g/mol. The number of benzene rings is 1. The van der Waals surface area contributed by atoms with Crippen molar-refractivity contribution in [1.82, 2.24) is 10.2 Å². The average Bonchev–Trinajstić information content (AvgIpc) is 2.61. The minimum absolute atomic E-state index is 0.0344. The zero-order chi connectivity index (χ0) is 17.5. The lowest BCUT2D eigenvalue weighted by Crippen LogP contribution is -2.43. The van der Waals surface area contributed by atoms with Crippen molar-refractivity contribution in [3.8, 4) is 0 Å². The summed E-state index contributed by atoms with van der Waals surface area (Å²) < 4.78 is 4.75. The van der Waals surface area contributed by atoms with Crippen molar-refractivity contribution in [2.45, 2.75) is 19.4 Å². The highest BCUT2D eigenvalue weighted by Gasteiger charge is 2.26. The minimum atomic E-state index is -0.384. The molecule has 1 aromatic carbocycles. The fourth-order valence-corrected chi connectivity index (χ4v) is 3.11.